The normalized spacial score (nSPS) is 11.2. The molecule has 1 amide bonds. The van der Waals surface area contributed by atoms with Gasteiger partial charge in [0, 0.05) is 18.7 Å². The Balaban J connectivity index is 3.08. The Hall–Kier alpha value is -0.180. The van der Waals surface area contributed by atoms with Gasteiger partial charge in [-0.05, 0) is 24.5 Å². The molecule has 0 rings (SSSR count). The molecular formula is C22H45NOS. The lowest BCUT2D eigenvalue weighted by Crippen LogP contribution is -2.25. The van der Waals surface area contributed by atoms with Crippen LogP contribution in [0.15, 0.2) is 0 Å². The van der Waals surface area contributed by atoms with Crippen LogP contribution in [0.5, 0.6) is 0 Å². The Morgan fingerprint density at radius 1 is 0.800 bits per heavy atom. The summed E-state index contributed by atoms with van der Waals surface area (Å²) in [7, 11) is 0. The van der Waals surface area contributed by atoms with E-state index in [9.17, 15) is 4.79 Å². The molecule has 3 heteroatoms. The summed E-state index contributed by atoms with van der Waals surface area (Å²) in [5.74, 6) is 3.15. The largest absolute Gasteiger partial charge is 0.355 e. The van der Waals surface area contributed by atoms with E-state index < -0.39 is 0 Å². The van der Waals surface area contributed by atoms with Crippen molar-refractivity contribution in [1.82, 2.24) is 5.32 Å². The highest BCUT2D eigenvalue weighted by Gasteiger charge is 2.02. The Morgan fingerprint density at radius 2 is 1.32 bits per heavy atom. The van der Waals surface area contributed by atoms with Gasteiger partial charge in [0.25, 0.3) is 0 Å². The monoisotopic (exact) mass is 371 g/mol. The molecule has 0 fully saturated rings. The number of nitrogens with one attached hydrogen (secondary N) is 1. The SMILES string of the molecule is CCCCCCCCCCCCCCSCCNC(=O)CCC(C)C. The quantitative estimate of drug-likeness (QED) is 0.248. The van der Waals surface area contributed by atoms with Crippen LogP contribution in [0.4, 0.5) is 0 Å². The van der Waals surface area contributed by atoms with E-state index >= 15 is 0 Å². The molecule has 0 radical (unpaired) electrons. The van der Waals surface area contributed by atoms with Gasteiger partial charge in [0.1, 0.15) is 0 Å². The van der Waals surface area contributed by atoms with Gasteiger partial charge in [-0.3, -0.25) is 4.79 Å². The van der Waals surface area contributed by atoms with E-state index in [0.717, 1.165) is 18.7 Å². The van der Waals surface area contributed by atoms with Crippen LogP contribution >= 0.6 is 11.8 Å². The summed E-state index contributed by atoms with van der Waals surface area (Å²) < 4.78 is 0. The van der Waals surface area contributed by atoms with Gasteiger partial charge in [-0.2, -0.15) is 11.8 Å². The predicted molar refractivity (Wildman–Crippen MR) is 115 cm³/mol. The van der Waals surface area contributed by atoms with Gasteiger partial charge in [0.2, 0.25) is 5.91 Å². The Bertz CT molecular complexity index is 281. The minimum Gasteiger partial charge on any atom is -0.355 e. The standard InChI is InChI=1S/C22H45NOS/c1-4-5-6-7-8-9-10-11-12-13-14-15-19-25-20-18-23-22(24)17-16-21(2)3/h21H,4-20H2,1-3H3,(H,23,24). The minimum atomic E-state index is 0.222. The molecule has 0 aliphatic rings. The van der Waals surface area contributed by atoms with E-state index in [1.165, 1.54) is 82.8 Å². The maximum absolute atomic E-state index is 11.6. The number of amides is 1. The molecule has 0 aliphatic carbocycles. The zero-order valence-electron chi connectivity index (χ0n) is 17.4. The van der Waals surface area contributed by atoms with Crippen molar-refractivity contribution in [3.63, 3.8) is 0 Å². The molecule has 0 saturated carbocycles. The lowest BCUT2D eigenvalue weighted by molar-refractivity contribution is -0.121. The first kappa shape index (κ1) is 24.8. The number of carbonyl (C=O) groups excluding carboxylic acids is 1. The molecule has 0 unspecified atom stereocenters. The highest BCUT2D eigenvalue weighted by molar-refractivity contribution is 7.99. The molecule has 0 heterocycles. The predicted octanol–water partition coefficient (Wildman–Crippen LogP) is 6.97. The summed E-state index contributed by atoms with van der Waals surface area (Å²) in [6.45, 7) is 7.45. The topological polar surface area (TPSA) is 29.1 Å². The van der Waals surface area contributed by atoms with Crippen LogP contribution in [0.1, 0.15) is 111 Å². The van der Waals surface area contributed by atoms with Crippen LogP contribution in [-0.2, 0) is 4.79 Å². The fourth-order valence-electron chi connectivity index (χ4n) is 2.92. The molecule has 25 heavy (non-hydrogen) atoms. The smallest absolute Gasteiger partial charge is 0.220 e. The highest BCUT2D eigenvalue weighted by atomic mass is 32.2. The zero-order chi connectivity index (χ0) is 18.6. The van der Waals surface area contributed by atoms with Crippen molar-refractivity contribution in [2.45, 2.75) is 111 Å². The van der Waals surface area contributed by atoms with Crippen LogP contribution in [0.25, 0.3) is 0 Å². The van der Waals surface area contributed by atoms with Crippen molar-refractivity contribution in [3.8, 4) is 0 Å². The van der Waals surface area contributed by atoms with E-state index in [1.807, 2.05) is 11.8 Å². The number of thioether (sulfide) groups is 1. The fraction of sp³-hybridized carbons (Fsp3) is 0.955. The van der Waals surface area contributed by atoms with Crippen LogP contribution < -0.4 is 5.32 Å². The van der Waals surface area contributed by atoms with Gasteiger partial charge >= 0.3 is 0 Å². The van der Waals surface area contributed by atoms with E-state index in [2.05, 4.69) is 26.1 Å². The molecule has 0 spiro atoms. The summed E-state index contributed by atoms with van der Waals surface area (Å²) in [5.41, 5.74) is 0. The van der Waals surface area contributed by atoms with Crippen LogP contribution in [0, 0.1) is 5.92 Å². The molecule has 0 saturated heterocycles. The lowest BCUT2D eigenvalue weighted by atomic mass is 10.1. The molecule has 0 atom stereocenters. The maximum Gasteiger partial charge on any atom is 0.220 e. The summed E-state index contributed by atoms with van der Waals surface area (Å²) in [5, 5.41) is 3.02. The number of hydrogen-bond donors (Lipinski definition) is 1. The number of rotatable bonds is 19. The first-order valence-electron chi connectivity index (χ1n) is 11.0. The number of carbonyl (C=O) groups is 1. The lowest BCUT2D eigenvalue weighted by Gasteiger charge is -2.07. The maximum atomic E-state index is 11.6. The average Bonchev–Trinajstić information content (AvgIpc) is 2.59. The van der Waals surface area contributed by atoms with Gasteiger partial charge in [0.05, 0.1) is 0 Å². The third kappa shape index (κ3) is 21.8. The van der Waals surface area contributed by atoms with Gasteiger partial charge in [-0.15, -0.1) is 0 Å². The molecular weight excluding hydrogens is 326 g/mol. The van der Waals surface area contributed by atoms with E-state index in [4.69, 9.17) is 0 Å². The van der Waals surface area contributed by atoms with Crippen molar-refractivity contribution in [2.75, 3.05) is 18.1 Å². The fourth-order valence-corrected chi connectivity index (χ4v) is 3.78. The van der Waals surface area contributed by atoms with Gasteiger partial charge in [-0.25, -0.2) is 0 Å². The van der Waals surface area contributed by atoms with E-state index in [-0.39, 0.29) is 5.91 Å². The second kappa shape index (κ2) is 20.1. The first-order chi connectivity index (χ1) is 12.2. The molecule has 0 aliphatic heterocycles. The first-order valence-corrected chi connectivity index (χ1v) is 12.2. The second-order valence-electron chi connectivity index (χ2n) is 7.78. The van der Waals surface area contributed by atoms with Crippen LogP contribution in [0.3, 0.4) is 0 Å². The Labute approximate surface area is 162 Å². The summed E-state index contributed by atoms with van der Waals surface area (Å²) in [6, 6.07) is 0. The molecule has 0 aromatic carbocycles. The van der Waals surface area contributed by atoms with Crippen LogP contribution in [0.2, 0.25) is 0 Å². The van der Waals surface area contributed by atoms with Gasteiger partial charge < -0.3 is 5.32 Å². The molecule has 0 aromatic rings. The van der Waals surface area contributed by atoms with Gasteiger partial charge in [-0.1, -0.05) is 91.4 Å². The van der Waals surface area contributed by atoms with Crippen molar-refractivity contribution >= 4 is 17.7 Å². The molecule has 2 nitrogen and oxygen atoms in total. The second-order valence-corrected chi connectivity index (χ2v) is 9.01. The highest BCUT2D eigenvalue weighted by Crippen LogP contribution is 2.13. The van der Waals surface area contributed by atoms with Crippen molar-refractivity contribution in [2.24, 2.45) is 5.92 Å². The number of unbranched alkanes of at least 4 members (excludes halogenated alkanes) is 11. The zero-order valence-corrected chi connectivity index (χ0v) is 18.2. The van der Waals surface area contributed by atoms with Gasteiger partial charge in [0.15, 0.2) is 0 Å². The molecule has 1 N–H and O–H groups in total. The molecule has 150 valence electrons. The molecule has 0 bridgehead atoms. The van der Waals surface area contributed by atoms with E-state index in [0.29, 0.717) is 12.3 Å². The summed E-state index contributed by atoms with van der Waals surface area (Å²) >= 11 is 1.99. The Morgan fingerprint density at radius 3 is 1.84 bits per heavy atom. The van der Waals surface area contributed by atoms with Crippen molar-refractivity contribution in [3.05, 3.63) is 0 Å². The third-order valence-corrected chi connectivity index (χ3v) is 5.73. The average molecular weight is 372 g/mol. The molecule has 0 aromatic heterocycles. The number of hydrogen-bond acceptors (Lipinski definition) is 2. The van der Waals surface area contributed by atoms with Crippen LogP contribution in [-0.4, -0.2) is 24.0 Å². The summed E-state index contributed by atoms with van der Waals surface area (Å²) in [6.07, 6.45) is 18.7. The Kier molecular flexibility index (Phi) is 20.0. The van der Waals surface area contributed by atoms with Crippen molar-refractivity contribution < 1.29 is 4.79 Å². The minimum absolute atomic E-state index is 0.222. The third-order valence-electron chi connectivity index (χ3n) is 4.66. The van der Waals surface area contributed by atoms with Crippen molar-refractivity contribution in [1.29, 1.82) is 0 Å². The summed E-state index contributed by atoms with van der Waals surface area (Å²) in [4.78, 5) is 11.6. The van der Waals surface area contributed by atoms with E-state index in [1.54, 1.807) is 0 Å².